The van der Waals surface area contributed by atoms with Gasteiger partial charge in [0.15, 0.2) is 11.5 Å². The van der Waals surface area contributed by atoms with E-state index in [0.717, 1.165) is 19.3 Å². The van der Waals surface area contributed by atoms with Gasteiger partial charge in [-0.25, -0.2) is 0 Å². The van der Waals surface area contributed by atoms with E-state index in [0.29, 0.717) is 24.3 Å². The summed E-state index contributed by atoms with van der Waals surface area (Å²) < 4.78 is 34.8. The fourth-order valence-corrected chi connectivity index (χ4v) is 3.96. The predicted octanol–water partition coefficient (Wildman–Crippen LogP) is 3.34. The van der Waals surface area contributed by atoms with Crippen LogP contribution in [0.4, 0.5) is 14.5 Å². The number of amides is 1. The van der Waals surface area contributed by atoms with Gasteiger partial charge in [0.05, 0.1) is 0 Å². The molecule has 7 heteroatoms. The van der Waals surface area contributed by atoms with Gasteiger partial charge in [0.1, 0.15) is 5.78 Å². The third kappa shape index (κ3) is 2.72. The molecule has 5 nitrogen and oxygen atoms in total. The molecule has 1 heterocycles. The quantitative estimate of drug-likeness (QED) is 0.899. The van der Waals surface area contributed by atoms with E-state index in [1.165, 1.54) is 18.2 Å². The van der Waals surface area contributed by atoms with Crippen LogP contribution in [0.25, 0.3) is 0 Å². The number of nitrogens with one attached hydrogen (secondary N) is 1. The van der Waals surface area contributed by atoms with E-state index in [1.54, 1.807) is 0 Å². The maximum absolute atomic E-state index is 13.0. The van der Waals surface area contributed by atoms with Gasteiger partial charge in [0, 0.05) is 29.5 Å². The molecule has 2 fully saturated rings. The molecular formula is C17H17F2NO4. The molecule has 1 aliphatic heterocycles. The van der Waals surface area contributed by atoms with E-state index in [2.05, 4.69) is 14.8 Å². The number of hydrogen-bond donors (Lipinski definition) is 1. The molecule has 1 aromatic carbocycles. The van der Waals surface area contributed by atoms with Crippen LogP contribution in [0.5, 0.6) is 11.5 Å². The number of carbonyl (C=O) groups excluding carboxylic acids is 2. The van der Waals surface area contributed by atoms with Crippen LogP contribution in [-0.2, 0) is 9.59 Å². The molecule has 1 N–H and O–H groups in total. The van der Waals surface area contributed by atoms with E-state index >= 15 is 0 Å². The van der Waals surface area contributed by atoms with Crippen molar-refractivity contribution in [2.45, 2.75) is 38.4 Å². The summed E-state index contributed by atoms with van der Waals surface area (Å²) >= 11 is 0. The Bertz CT molecular complexity index is 690. The van der Waals surface area contributed by atoms with Gasteiger partial charge < -0.3 is 14.8 Å². The first-order chi connectivity index (χ1) is 11.4. The average molecular weight is 337 g/mol. The molecule has 128 valence electrons. The molecule has 24 heavy (non-hydrogen) atoms. The molecule has 0 radical (unpaired) electrons. The van der Waals surface area contributed by atoms with Crippen LogP contribution in [-0.4, -0.2) is 18.0 Å². The van der Waals surface area contributed by atoms with Crippen LogP contribution in [0, 0.1) is 17.8 Å². The largest absolute Gasteiger partial charge is 0.586 e. The highest BCUT2D eigenvalue weighted by molar-refractivity contribution is 5.95. The zero-order valence-electron chi connectivity index (χ0n) is 12.9. The third-order valence-electron chi connectivity index (χ3n) is 5.09. The second-order valence-electron chi connectivity index (χ2n) is 6.71. The SMILES string of the molecule is O=C(Nc1ccc2c(c1)OC(F)(F)O2)C1CC2CCCC(C1)C2=O. The van der Waals surface area contributed by atoms with Crippen molar-refractivity contribution in [1.82, 2.24) is 0 Å². The Hall–Kier alpha value is -2.18. The number of halogens is 2. The lowest BCUT2D eigenvalue weighted by Gasteiger charge is -2.36. The van der Waals surface area contributed by atoms with E-state index < -0.39 is 6.29 Å². The van der Waals surface area contributed by atoms with Crippen molar-refractivity contribution in [3.05, 3.63) is 18.2 Å². The zero-order valence-corrected chi connectivity index (χ0v) is 12.9. The smallest absolute Gasteiger partial charge is 0.395 e. The molecule has 4 rings (SSSR count). The van der Waals surface area contributed by atoms with Crippen molar-refractivity contribution in [2.75, 3.05) is 5.32 Å². The van der Waals surface area contributed by atoms with E-state index in [-0.39, 0.29) is 35.2 Å². The Kier molecular flexibility index (Phi) is 3.47. The van der Waals surface area contributed by atoms with E-state index in [1.807, 2.05) is 0 Å². The van der Waals surface area contributed by atoms with Crippen molar-refractivity contribution in [2.24, 2.45) is 17.8 Å². The number of ether oxygens (including phenoxy) is 2. The molecule has 0 spiro atoms. The number of ketones is 1. The first-order valence-corrected chi connectivity index (χ1v) is 8.16. The monoisotopic (exact) mass is 337 g/mol. The van der Waals surface area contributed by atoms with Crippen molar-refractivity contribution in [3.8, 4) is 11.5 Å². The molecule has 2 saturated carbocycles. The number of anilines is 1. The van der Waals surface area contributed by atoms with Crippen molar-refractivity contribution < 1.29 is 27.8 Å². The van der Waals surface area contributed by atoms with Gasteiger partial charge in [0.2, 0.25) is 5.91 Å². The third-order valence-corrected chi connectivity index (χ3v) is 5.09. The highest BCUT2D eigenvalue weighted by atomic mass is 19.3. The lowest BCUT2D eigenvalue weighted by Crippen LogP contribution is -2.40. The average Bonchev–Trinajstić information content (AvgIpc) is 2.80. The molecule has 2 aliphatic carbocycles. The molecule has 3 aliphatic rings. The van der Waals surface area contributed by atoms with Crippen LogP contribution in [0.3, 0.4) is 0 Å². The Morgan fingerprint density at radius 3 is 2.50 bits per heavy atom. The topological polar surface area (TPSA) is 64.6 Å². The van der Waals surface area contributed by atoms with Crippen LogP contribution < -0.4 is 14.8 Å². The highest BCUT2D eigenvalue weighted by Gasteiger charge is 2.44. The van der Waals surface area contributed by atoms with Crippen LogP contribution in [0.1, 0.15) is 32.1 Å². The summed E-state index contributed by atoms with van der Waals surface area (Å²) in [6, 6.07) is 4.16. The number of rotatable bonds is 2. The molecule has 2 atom stereocenters. The van der Waals surface area contributed by atoms with Gasteiger partial charge in [-0.05, 0) is 37.8 Å². The van der Waals surface area contributed by atoms with Gasteiger partial charge in [0.25, 0.3) is 0 Å². The lowest BCUT2D eigenvalue weighted by molar-refractivity contribution is -0.286. The first kappa shape index (κ1) is 15.4. The minimum Gasteiger partial charge on any atom is -0.395 e. The van der Waals surface area contributed by atoms with Gasteiger partial charge >= 0.3 is 6.29 Å². The molecular weight excluding hydrogens is 320 g/mol. The Balaban J connectivity index is 1.45. The molecule has 1 aromatic rings. The number of carbonyl (C=O) groups is 2. The van der Waals surface area contributed by atoms with Crippen molar-refractivity contribution in [3.63, 3.8) is 0 Å². The number of Topliss-reactive ketones (excluding diaryl/α,β-unsaturated/α-hetero) is 1. The zero-order chi connectivity index (χ0) is 16.9. The van der Waals surface area contributed by atoms with Gasteiger partial charge in [-0.15, -0.1) is 8.78 Å². The Labute approximate surface area is 137 Å². The molecule has 2 bridgehead atoms. The van der Waals surface area contributed by atoms with E-state index in [9.17, 15) is 18.4 Å². The molecule has 2 unspecified atom stereocenters. The lowest BCUT2D eigenvalue weighted by atomic mass is 9.67. The number of benzene rings is 1. The standard InChI is InChI=1S/C17H17F2NO4/c18-17(19)23-13-5-4-12(8-14(13)24-17)20-16(22)11-6-9-2-1-3-10(7-11)15(9)21/h4-5,8-11H,1-3,6-7H2,(H,20,22). The van der Waals surface area contributed by atoms with E-state index in [4.69, 9.17) is 0 Å². The van der Waals surface area contributed by atoms with Gasteiger partial charge in [-0.2, -0.15) is 0 Å². The van der Waals surface area contributed by atoms with Gasteiger partial charge in [-0.1, -0.05) is 6.42 Å². The summed E-state index contributed by atoms with van der Waals surface area (Å²) in [7, 11) is 0. The Morgan fingerprint density at radius 2 is 1.79 bits per heavy atom. The fraction of sp³-hybridized carbons (Fsp3) is 0.529. The van der Waals surface area contributed by atoms with Gasteiger partial charge in [-0.3, -0.25) is 9.59 Å². The second-order valence-corrected chi connectivity index (χ2v) is 6.71. The fourth-order valence-electron chi connectivity index (χ4n) is 3.96. The summed E-state index contributed by atoms with van der Waals surface area (Å²) in [6.45, 7) is 0. The van der Waals surface area contributed by atoms with Crippen LogP contribution >= 0.6 is 0 Å². The molecule has 0 aromatic heterocycles. The molecule has 0 saturated heterocycles. The predicted molar refractivity (Wildman–Crippen MR) is 79.8 cm³/mol. The number of alkyl halides is 2. The maximum atomic E-state index is 13.0. The normalized spacial score (nSPS) is 30.1. The highest BCUT2D eigenvalue weighted by Crippen LogP contribution is 2.43. The summed E-state index contributed by atoms with van der Waals surface area (Å²) in [5.41, 5.74) is 0.377. The summed E-state index contributed by atoms with van der Waals surface area (Å²) in [4.78, 5) is 24.6. The summed E-state index contributed by atoms with van der Waals surface area (Å²) in [5.74, 6) is -0.276. The van der Waals surface area contributed by atoms with Crippen LogP contribution in [0.2, 0.25) is 0 Å². The molecule has 1 amide bonds. The minimum absolute atomic E-state index is 0.0105. The Morgan fingerprint density at radius 1 is 1.12 bits per heavy atom. The first-order valence-electron chi connectivity index (χ1n) is 8.16. The minimum atomic E-state index is -3.67. The van der Waals surface area contributed by atoms with Crippen molar-refractivity contribution >= 4 is 17.4 Å². The number of hydrogen-bond acceptors (Lipinski definition) is 4. The summed E-state index contributed by atoms with van der Waals surface area (Å²) in [5, 5.41) is 2.74. The second kappa shape index (κ2) is 5.43. The maximum Gasteiger partial charge on any atom is 0.586 e. The summed E-state index contributed by atoms with van der Waals surface area (Å²) in [6.07, 6.45) is 0.238. The van der Waals surface area contributed by atoms with Crippen LogP contribution in [0.15, 0.2) is 18.2 Å². The van der Waals surface area contributed by atoms with Crippen molar-refractivity contribution in [1.29, 1.82) is 0 Å². The number of fused-ring (bicyclic) bond motifs is 3.